The smallest absolute Gasteiger partial charge is 0.417 e. The van der Waals surface area contributed by atoms with Gasteiger partial charge in [-0.2, -0.15) is 4.31 Å². The van der Waals surface area contributed by atoms with Crippen molar-refractivity contribution in [2.75, 3.05) is 25.5 Å². The summed E-state index contributed by atoms with van der Waals surface area (Å²) >= 11 is 6.10. The number of oxazole rings is 1. The molecule has 9 nitrogen and oxygen atoms in total. The van der Waals surface area contributed by atoms with Crippen LogP contribution in [0.25, 0.3) is 11.1 Å². The van der Waals surface area contributed by atoms with E-state index in [9.17, 15) is 18.0 Å². The van der Waals surface area contributed by atoms with Crippen LogP contribution in [0.1, 0.15) is 12.8 Å². The highest BCUT2D eigenvalue weighted by Crippen LogP contribution is 2.29. The summed E-state index contributed by atoms with van der Waals surface area (Å²) in [6.45, 7) is 0.350. The first-order valence-electron chi connectivity index (χ1n) is 9.55. The van der Waals surface area contributed by atoms with E-state index in [0.29, 0.717) is 41.4 Å². The van der Waals surface area contributed by atoms with Crippen molar-refractivity contribution in [3.05, 3.63) is 52.0 Å². The molecule has 0 unspecified atom stereocenters. The molecule has 1 amide bonds. The van der Waals surface area contributed by atoms with Gasteiger partial charge in [0.05, 0.1) is 28.5 Å². The van der Waals surface area contributed by atoms with Crippen LogP contribution in [-0.2, 0) is 14.8 Å². The van der Waals surface area contributed by atoms with Gasteiger partial charge in [0.15, 0.2) is 5.58 Å². The number of nitrogens with zero attached hydrogens (tertiary/aromatic N) is 1. The number of H-pyrrole nitrogens is 1. The van der Waals surface area contributed by atoms with Crippen LogP contribution in [0.5, 0.6) is 5.75 Å². The van der Waals surface area contributed by atoms with Gasteiger partial charge in [-0.1, -0.05) is 11.6 Å². The average molecular weight is 466 g/mol. The predicted octanol–water partition coefficient (Wildman–Crippen LogP) is 2.82. The lowest BCUT2D eigenvalue weighted by Crippen LogP contribution is -2.43. The van der Waals surface area contributed by atoms with Gasteiger partial charge in [-0.3, -0.25) is 9.78 Å². The van der Waals surface area contributed by atoms with Crippen LogP contribution in [0.3, 0.4) is 0 Å². The number of anilines is 1. The van der Waals surface area contributed by atoms with Crippen LogP contribution < -0.4 is 15.8 Å². The summed E-state index contributed by atoms with van der Waals surface area (Å²) in [5.74, 6) is -0.964. The second-order valence-electron chi connectivity index (χ2n) is 7.21. The summed E-state index contributed by atoms with van der Waals surface area (Å²) in [7, 11) is -2.36. The fourth-order valence-corrected chi connectivity index (χ4v) is 5.40. The number of carbonyl (C=O) groups excluding carboxylic acids is 1. The molecule has 3 aromatic rings. The molecule has 0 bridgehead atoms. The van der Waals surface area contributed by atoms with Gasteiger partial charge in [-0.05, 0) is 43.2 Å². The number of sulfonamides is 1. The van der Waals surface area contributed by atoms with Crippen LogP contribution in [0.15, 0.2) is 50.5 Å². The minimum atomic E-state index is -3.86. The van der Waals surface area contributed by atoms with Crippen molar-refractivity contribution in [3.8, 4) is 5.75 Å². The standard InChI is InChI=1S/C20H20ClN3O6S/c1-29-17-7-4-13(9-15(17)21)22-19(25)12-3-2-8-24(11-12)31(27,28)14-5-6-16-18(10-14)30-20(26)23-16/h4-7,9-10,12H,2-3,8,11H2,1H3,(H,22,25)(H,23,26)/t12-/m1/s1. The number of rotatable bonds is 5. The van der Waals surface area contributed by atoms with Crippen molar-refractivity contribution in [3.63, 3.8) is 0 Å². The van der Waals surface area contributed by atoms with E-state index in [-0.39, 0.29) is 22.9 Å². The molecule has 0 spiro atoms. The molecule has 1 aliphatic heterocycles. The second-order valence-corrected chi connectivity index (χ2v) is 9.56. The molecule has 164 valence electrons. The van der Waals surface area contributed by atoms with Crippen molar-refractivity contribution in [2.24, 2.45) is 5.92 Å². The normalized spacial score (nSPS) is 17.5. The van der Waals surface area contributed by atoms with Crippen molar-refractivity contribution in [2.45, 2.75) is 17.7 Å². The number of aromatic nitrogens is 1. The zero-order valence-electron chi connectivity index (χ0n) is 16.6. The Balaban J connectivity index is 1.50. The summed E-state index contributed by atoms with van der Waals surface area (Å²) < 4.78 is 37.6. The molecule has 1 fully saturated rings. The summed E-state index contributed by atoms with van der Waals surface area (Å²) in [6, 6.07) is 9.09. The molecule has 0 radical (unpaired) electrons. The number of aromatic amines is 1. The Kier molecular flexibility index (Phi) is 5.78. The molecule has 1 aromatic heterocycles. The van der Waals surface area contributed by atoms with E-state index in [1.165, 1.54) is 29.6 Å². The van der Waals surface area contributed by atoms with Crippen LogP contribution in [0.2, 0.25) is 5.02 Å². The van der Waals surface area contributed by atoms with E-state index in [2.05, 4.69) is 10.3 Å². The lowest BCUT2D eigenvalue weighted by atomic mass is 9.98. The van der Waals surface area contributed by atoms with E-state index in [1.54, 1.807) is 18.2 Å². The maximum absolute atomic E-state index is 13.1. The molecular formula is C20H20ClN3O6S. The fourth-order valence-electron chi connectivity index (χ4n) is 3.60. The number of hydrogen-bond donors (Lipinski definition) is 2. The number of ether oxygens (including phenoxy) is 1. The van der Waals surface area contributed by atoms with Crippen molar-refractivity contribution < 1.29 is 22.4 Å². The molecular weight excluding hydrogens is 446 g/mol. The highest BCUT2D eigenvalue weighted by atomic mass is 35.5. The van der Waals surface area contributed by atoms with Gasteiger partial charge < -0.3 is 14.5 Å². The first-order chi connectivity index (χ1) is 14.8. The van der Waals surface area contributed by atoms with E-state index in [4.69, 9.17) is 20.8 Å². The monoisotopic (exact) mass is 465 g/mol. The predicted molar refractivity (Wildman–Crippen MR) is 115 cm³/mol. The largest absolute Gasteiger partial charge is 0.495 e. The summed E-state index contributed by atoms with van der Waals surface area (Å²) in [4.78, 5) is 26.6. The third-order valence-electron chi connectivity index (χ3n) is 5.20. The minimum Gasteiger partial charge on any atom is -0.495 e. The third kappa shape index (κ3) is 4.32. The summed E-state index contributed by atoms with van der Waals surface area (Å²) in [5, 5.41) is 3.15. The molecule has 2 N–H and O–H groups in total. The van der Waals surface area contributed by atoms with E-state index < -0.39 is 21.7 Å². The number of amides is 1. The molecule has 1 aliphatic rings. The zero-order valence-corrected chi connectivity index (χ0v) is 18.1. The van der Waals surface area contributed by atoms with E-state index in [1.807, 2.05) is 0 Å². The molecule has 1 atom stereocenters. The van der Waals surface area contributed by atoms with Gasteiger partial charge in [0.1, 0.15) is 5.75 Å². The van der Waals surface area contributed by atoms with E-state index in [0.717, 1.165) is 0 Å². The van der Waals surface area contributed by atoms with Gasteiger partial charge in [0, 0.05) is 24.8 Å². The number of nitrogens with one attached hydrogen (secondary N) is 2. The topological polar surface area (TPSA) is 122 Å². The zero-order chi connectivity index (χ0) is 22.2. The van der Waals surface area contributed by atoms with E-state index >= 15 is 0 Å². The van der Waals surface area contributed by atoms with Gasteiger partial charge in [0.25, 0.3) is 0 Å². The van der Waals surface area contributed by atoms with Gasteiger partial charge in [0.2, 0.25) is 15.9 Å². The first kappa shape index (κ1) is 21.4. The molecule has 11 heteroatoms. The summed E-state index contributed by atoms with van der Waals surface area (Å²) in [5.41, 5.74) is 1.08. The lowest BCUT2D eigenvalue weighted by molar-refractivity contribution is -0.120. The molecule has 1 saturated heterocycles. The highest BCUT2D eigenvalue weighted by Gasteiger charge is 2.33. The van der Waals surface area contributed by atoms with Crippen LogP contribution >= 0.6 is 11.6 Å². The second kappa shape index (κ2) is 8.37. The maximum atomic E-state index is 13.1. The van der Waals surface area contributed by atoms with Crippen LogP contribution in [0.4, 0.5) is 5.69 Å². The third-order valence-corrected chi connectivity index (χ3v) is 7.36. The quantitative estimate of drug-likeness (QED) is 0.597. The average Bonchev–Trinajstić information content (AvgIpc) is 3.13. The lowest BCUT2D eigenvalue weighted by Gasteiger charge is -2.31. The Morgan fingerprint density at radius 2 is 2.10 bits per heavy atom. The highest BCUT2D eigenvalue weighted by molar-refractivity contribution is 7.89. The summed E-state index contributed by atoms with van der Waals surface area (Å²) in [6.07, 6.45) is 1.11. The Bertz CT molecular complexity index is 1300. The molecule has 2 heterocycles. The number of piperidine rings is 1. The molecule has 0 saturated carbocycles. The van der Waals surface area contributed by atoms with Crippen molar-refractivity contribution >= 4 is 44.3 Å². The molecule has 2 aromatic carbocycles. The number of methoxy groups -OCH3 is 1. The van der Waals surface area contributed by atoms with Crippen LogP contribution in [-0.4, -0.2) is 43.8 Å². The minimum absolute atomic E-state index is 0.00532. The van der Waals surface area contributed by atoms with Gasteiger partial charge in [-0.25, -0.2) is 13.2 Å². The Hall–Kier alpha value is -2.82. The molecule has 0 aliphatic carbocycles. The van der Waals surface area contributed by atoms with Crippen molar-refractivity contribution in [1.82, 2.24) is 9.29 Å². The Morgan fingerprint density at radius 3 is 2.84 bits per heavy atom. The van der Waals surface area contributed by atoms with Crippen LogP contribution in [0, 0.1) is 5.92 Å². The van der Waals surface area contributed by atoms with Crippen molar-refractivity contribution in [1.29, 1.82) is 0 Å². The molecule has 31 heavy (non-hydrogen) atoms. The SMILES string of the molecule is COc1ccc(NC(=O)[C@@H]2CCCN(S(=O)(=O)c3ccc4[nH]c(=O)oc4c3)C2)cc1Cl. The first-order valence-corrected chi connectivity index (χ1v) is 11.4. The fraction of sp³-hybridized carbons (Fsp3) is 0.300. The Morgan fingerprint density at radius 1 is 1.29 bits per heavy atom. The number of hydrogen-bond acceptors (Lipinski definition) is 6. The number of halogens is 1. The van der Waals surface area contributed by atoms with Gasteiger partial charge >= 0.3 is 5.76 Å². The number of benzene rings is 2. The number of carbonyl (C=O) groups is 1. The van der Waals surface area contributed by atoms with Gasteiger partial charge in [-0.15, -0.1) is 0 Å². The molecule has 4 rings (SSSR count). The Labute approximate surface area is 183 Å². The number of fused-ring (bicyclic) bond motifs is 1. The maximum Gasteiger partial charge on any atom is 0.417 e.